The maximum Gasteiger partial charge on any atom is 0.184 e. The topological polar surface area (TPSA) is 58.2 Å². The standard InChI is InChI=1S/C21H23N3O2S/c1-26-17-5-4-15-19(20(17)18-3-2-10-27-18)21(23-22-15)16(25)11-14-12-24-8-6-13(14)7-9-24/h2-5,10,13-14H,6-9,11-12H2,1H3,(H,22,23)/t14-/m0/s1. The smallest absolute Gasteiger partial charge is 0.184 e. The zero-order valence-corrected chi connectivity index (χ0v) is 16.2. The van der Waals surface area contributed by atoms with Gasteiger partial charge in [-0.2, -0.15) is 5.10 Å². The number of methoxy groups -OCH3 is 1. The quantitative estimate of drug-likeness (QED) is 0.673. The molecule has 5 nitrogen and oxygen atoms in total. The number of carbonyl (C=O) groups is 1. The highest BCUT2D eigenvalue weighted by atomic mass is 32.1. The molecule has 0 spiro atoms. The van der Waals surface area contributed by atoms with Gasteiger partial charge in [-0.05, 0) is 61.3 Å². The molecule has 3 fully saturated rings. The summed E-state index contributed by atoms with van der Waals surface area (Å²) in [4.78, 5) is 16.8. The molecule has 0 unspecified atom stereocenters. The van der Waals surface area contributed by atoms with E-state index in [2.05, 4.69) is 21.2 Å². The Morgan fingerprint density at radius 3 is 2.85 bits per heavy atom. The van der Waals surface area contributed by atoms with Crippen molar-refractivity contribution in [3.05, 3.63) is 35.3 Å². The van der Waals surface area contributed by atoms with Crippen LogP contribution in [-0.4, -0.2) is 47.6 Å². The third-order valence-corrected chi connectivity index (χ3v) is 7.07. The second kappa shape index (κ2) is 6.77. The Morgan fingerprint density at radius 2 is 2.19 bits per heavy atom. The molecule has 6 heteroatoms. The van der Waals surface area contributed by atoms with Crippen molar-refractivity contribution in [2.75, 3.05) is 26.7 Å². The van der Waals surface area contributed by atoms with Crippen molar-refractivity contribution in [3.8, 4) is 16.2 Å². The summed E-state index contributed by atoms with van der Waals surface area (Å²) in [5.41, 5.74) is 2.41. The number of carbonyl (C=O) groups excluding carboxylic acids is 1. The van der Waals surface area contributed by atoms with Gasteiger partial charge in [0.25, 0.3) is 0 Å². The number of thiophene rings is 1. The van der Waals surface area contributed by atoms with Crippen LogP contribution in [0.3, 0.4) is 0 Å². The Hall–Kier alpha value is -2.18. The van der Waals surface area contributed by atoms with E-state index >= 15 is 0 Å². The average Bonchev–Trinajstić information content (AvgIpc) is 3.38. The molecule has 0 radical (unpaired) electrons. The number of nitrogens with one attached hydrogen (secondary N) is 1. The molecule has 3 saturated heterocycles. The zero-order valence-electron chi connectivity index (χ0n) is 15.4. The Labute approximate surface area is 162 Å². The Kier molecular flexibility index (Phi) is 4.25. The summed E-state index contributed by atoms with van der Waals surface area (Å²) in [5, 5.41) is 10.4. The second-order valence-electron chi connectivity index (χ2n) is 7.64. The van der Waals surface area contributed by atoms with Gasteiger partial charge in [0.05, 0.1) is 12.6 Å². The second-order valence-corrected chi connectivity index (χ2v) is 8.59. The van der Waals surface area contributed by atoms with Gasteiger partial charge in [-0.1, -0.05) is 6.07 Å². The van der Waals surface area contributed by atoms with Crippen molar-refractivity contribution in [3.63, 3.8) is 0 Å². The van der Waals surface area contributed by atoms with Crippen LogP contribution in [0.1, 0.15) is 29.8 Å². The molecular weight excluding hydrogens is 358 g/mol. The third-order valence-electron chi connectivity index (χ3n) is 6.18. The lowest BCUT2D eigenvalue weighted by molar-refractivity contribution is 0.0440. The molecule has 27 heavy (non-hydrogen) atoms. The first-order valence-electron chi connectivity index (χ1n) is 9.59. The molecular formula is C21H23N3O2S. The van der Waals surface area contributed by atoms with Crippen LogP contribution in [0.2, 0.25) is 0 Å². The molecule has 3 aliphatic heterocycles. The van der Waals surface area contributed by atoms with Gasteiger partial charge < -0.3 is 9.64 Å². The van der Waals surface area contributed by atoms with Crippen molar-refractivity contribution in [1.29, 1.82) is 0 Å². The number of hydrogen-bond acceptors (Lipinski definition) is 5. The molecule has 5 heterocycles. The van der Waals surface area contributed by atoms with Crippen LogP contribution in [0.4, 0.5) is 0 Å². The Bertz CT molecular complexity index is 971. The lowest BCUT2D eigenvalue weighted by Gasteiger charge is -2.44. The number of ether oxygens (including phenoxy) is 1. The minimum absolute atomic E-state index is 0.144. The number of aromatic nitrogens is 2. The largest absolute Gasteiger partial charge is 0.496 e. The van der Waals surface area contributed by atoms with Crippen LogP contribution in [0.5, 0.6) is 5.75 Å². The molecule has 0 aliphatic carbocycles. The van der Waals surface area contributed by atoms with Gasteiger partial charge in [0.2, 0.25) is 0 Å². The number of ketones is 1. The van der Waals surface area contributed by atoms with Gasteiger partial charge >= 0.3 is 0 Å². The summed E-state index contributed by atoms with van der Waals surface area (Å²) < 4.78 is 5.62. The molecule has 1 aromatic carbocycles. The van der Waals surface area contributed by atoms with E-state index < -0.39 is 0 Å². The summed E-state index contributed by atoms with van der Waals surface area (Å²) in [6.45, 7) is 3.45. The van der Waals surface area contributed by atoms with Crippen LogP contribution in [0.15, 0.2) is 29.6 Å². The van der Waals surface area contributed by atoms with Crippen molar-refractivity contribution in [2.24, 2.45) is 11.8 Å². The van der Waals surface area contributed by atoms with Crippen molar-refractivity contribution in [2.45, 2.75) is 19.3 Å². The lowest BCUT2D eigenvalue weighted by Crippen LogP contribution is -2.47. The van der Waals surface area contributed by atoms with Gasteiger partial charge in [-0.3, -0.25) is 9.89 Å². The predicted octanol–water partition coefficient (Wildman–Crippen LogP) is 4.21. The van der Waals surface area contributed by atoms with E-state index in [0.29, 0.717) is 24.0 Å². The molecule has 2 bridgehead atoms. The minimum Gasteiger partial charge on any atom is -0.496 e. The van der Waals surface area contributed by atoms with E-state index in [1.807, 2.05) is 23.6 Å². The van der Waals surface area contributed by atoms with E-state index in [4.69, 9.17) is 4.74 Å². The van der Waals surface area contributed by atoms with Crippen LogP contribution < -0.4 is 4.74 Å². The fraction of sp³-hybridized carbons (Fsp3) is 0.429. The van der Waals surface area contributed by atoms with Crippen LogP contribution in [0, 0.1) is 11.8 Å². The minimum atomic E-state index is 0.144. The molecule has 140 valence electrons. The maximum absolute atomic E-state index is 13.2. The van der Waals surface area contributed by atoms with Gasteiger partial charge in [-0.25, -0.2) is 0 Å². The van der Waals surface area contributed by atoms with E-state index in [-0.39, 0.29) is 5.78 Å². The SMILES string of the molecule is COc1ccc2[nH]nc(C(=O)C[C@H]3CN4CCC3CC4)c2c1-c1cccs1. The summed E-state index contributed by atoms with van der Waals surface area (Å²) in [5.74, 6) is 2.08. The van der Waals surface area contributed by atoms with Crippen molar-refractivity contribution >= 4 is 28.0 Å². The van der Waals surface area contributed by atoms with Gasteiger partial charge in [0, 0.05) is 28.8 Å². The summed E-state index contributed by atoms with van der Waals surface area (Å²) >= 11 is 1.65. The van der Waals surface area contributed by atoms with Crippen molar-refractivity contribution < 1.29 is 9.53 Å². The first-order chi connectivity index (χ1) is 13.2. The van der Waals surface area contributed by atoms with E-state index in [1.165, 1.54) is 25.9 Å². The van der Waals surface area contributed by atoms with E-state index in [0.717, 1.165) is 33.6 Å². The van der Waals surface area contributed by atoms with Gasteiger partial charge in [-0.15, -0.1) is 11.3 Å². The van der Waals surface area contributed by atoms with Crippen LogP contribution >= 0.6 is 11.3 Å². The number of hydrogen-bond donors (Lipinski definition) is 1. The number of aromatic amines is 1. The molecule has 2 aromatic heterocycles. The summed E-state index contributed by atoms with van der Waals surface area (Å²) in [6, 6.07) is 7.98. The summed E-state index contributed by atoms with van der Waals surface area (Å²) in [6.07, 6.45) is 3.04. The predicted molar refractivity (Wildman–Crippen MR) is 108 cm³/mol. The molecule has 3 aliphatic rings. The first kappa shape index (κ1) is 17.0. The monoisotopic (exact) mass is 381 g/mol. The van der Waals surface area contributed by atoms with Crippen LogP contribution in [-0.2, 0) is 0 Å². The lowest BCUT2D eigenvalue weighted by atomic mass is 9.76. The number of piperidine rings is 3. The molecule has 1 N–H and O–H groups in total. The van der Waals surface area contributed by atoms with Crippen LogP contribution in [0.25, 0.3) is 21.3 Å². The first-order valence-corrected chi connectivity index (χ1v) is 10.5. The highest BCUT2D eigenvalue weighted by Gasteiger charge is 2.36. The highest BCUT2D eigenvalue weighted by Crippen LogP contribution is 2.41. The number of H-pyrrole nitrogens is 1. The Balaban J connectivity index is 1.54. The van der Waals surface area contributed by atoms with Gasteiger partial charge in [0.1, 0.15) is 11.4 Å². The Morgan fingerprint density at radius 1 is 1.33 bits per heavy atom. The number of nitrogens with zero attached hydrogens (tertiary/aromatic N) is 2. The fourth-order valence-corrected chi connectivity index (χ4v) is 5.57. The number of Topliss-reactive ketones (excluding diaryl/α,β-unsaturated/α-hetero) is 1. The molecule has 0 amide bonds. The normalized spacial score (nSPS) is 24.4. The molecule has 3 aromatic rings. The van der Waals surface area contributed by atoms with Gasteiger partial charge in [0.15, 0.2) is 5.78 Å². The number of benzene rings is 1. The summed E-state index contributed by atoms with van der Waals surface area (Å²) in [7, 11) is 1.67. The van der Waals surface area contributed by atoms with E-state index in [9.17, 15) is 4.79 Å². The highest BCUT2D eigenvalue weighted by molar-refractivity contribution is 7.13. The third kappa shape index (κ3) is 2.87. The molecule has 0 saturated carbocycles. The van der Waals surface area contributed by atoms with E-state index in [1.54, 1.807) is 18.4 Å². The number of fused-ring (bicyclic) bond motifs is 4. The maximum atomic E-state index is 13.2. The fourth-order valence-electron chi connectivity index (χ4n) is 4.79. The van der Waals surface area contributed by atoms with Crippen molar-refractivity contribution in [1.82, 2.24) is 15.1 Å². The molecule has 6 rings (SSSR count). The number of rotatable bonds is 5. The molecule has 1 atom stereocenters. The average molecular weight is 382 g/mol. The zero-order chi connectivity index (χ0) is 18.4.